The van der Waals surface area contributed by atoms with E-state index in [-0.39, 0.29) is 0 Å². The highest BCUT2D eigenvalue weighted by Gasteiger charge is 2.15. The van der Waals surface area contributed by atoms with Crippen molar-refractivity contribution in [2.24, 2.45) is 13.0 Å². The highest BCUT2D eigenvalue weighted by atomic mass is 14.9. The van der Waals surface area contributed by atoms with Crippen LogP contribution in [0, 0.1) is 5.92 Å². The molecule has 1 atom stereocenters. The SMILES string of the molecule is Cn1cc(CCC2CCNC2)c2ccccc21. The third-order valence-corrected chi connectivity index (χ3v) is 3.96. The van der Waals surface area contributed by atoms with Crippen LogP contribution >= 0.6 is 0 Å². The highest BCUT2D eigenvalue weighted by Crippen LogP contribution is 2.23. The molecule has 1 unspecified atom stereocenters. The lowest BCUT2D eigenvalue weighted by Gasteiger charge is -2.06. The summed E-state index contributed by atoms with van der Waals surface area (Å²) in [5.74, 6) is 0.883. The molecule has 1 aliphatic rings. The van der Waals surface area contributed by atoms with Gasteiger partial charge in [0.1, 0.15) is 0 Å². The molecule has 2 nitrogen and oxygen atoms in total. The van der Waals surface area contributed by atoms with Gasteiger partial charge in [0, 0.05) is 24.1 Å². The quantitative estimate of drug-likeness (QED) is 0.854. The molecule has 0 spiro atoms. The van der Waals surface area contributed by atoms with Crippen LogP contribution in [0.15, 0.2) is 30.5 Å². The molecule has 1 saturated heterocycles. The molecule has 17 heavy (non-hydrogen) atoms. The molecule has 0 amide bonds. The number of rotatable bonds is 3. The highest BCUT2D eigenvalue weighted by molar-refractivity contribution is 5.83. The van der Waals surface area contributed by atoms with Gasteiger partial charge in [0.15, 0.2) is 0 Å². The van der Waals surface area contributed by atoms with Crippen molar-refractivity contribution in [2.75, 3.05) is 13.1 Å². The minimum absolute atomic E-state index is 0.883. The van der Waals surface area contributed by atoms with Crippen LogP contribution in [-0.2, 0) is 13.5 Å². The first-order chi connectivity index (χ1) is 8.34. The third-order valence-electron chi connectivity index (χ3n) is 3.96. The van der Waals surface area contributed by atoms with E-state index in [9.17, 15) is 0 Å². The van der Waals surface area contributed by atoms with Crippen LogP contribution in [0.5, 0.6) is 0 Å². The van der Waals surface area contributed by atoms with Gasteiger partial charge >= 0.3 is 0 Å². The predicted molar refractivity (Wildman–Crippen MR) is 72.2 cm³/mol. The fraction of sp³-hybridized carbons (Fsp3) is 0.467. The molecule has 2 heteroatoms. The average molecular weight is 228 g/mol. The lowest BCUT2D eigenvalue weighted by Crippen LogP contribution is -2.09. The zero-order valence-electron chi connectivity index (χ0n) is 10.4. The number of para-hydroxylation sites is 1. The second-order valence-electron chi connectivity index (χ2n) is 5.18. The van der Waals surface area contributed by atoms with Crippen LogP contribution in [0.4, 0.5) is 0 Å². The number of hydrogen-bond donors (Lipinski definition) is 1. The van der Waals surface area contributed by atoms with E-state index < -0.39 is 0 Å². The van der Waals surface area contributed by atoms with Crippen LogP contribution in [0.2, 0.25) is 0 Å². The first-order valence-corrected chi connectivity index (χ1v) is 6.58. The molecule has 1 aromatic carbocycles. The standard InChI is InChI=1S/C15H20N2/c1-17-11-13(7-6-12-8-9-16-10-12)14-4-2-3-5-15(14)17/h2-5,11-12,16H,6-10H2,1H3. The Labute approximate surface area is 103 Å². The minimum atomic E-state index is 0.883. The van der Waals surface area contributed by atoms with Gasteiger partial charge in [-0.05, 0) is 49.9 Å². The fourth-order valence-electron chi connectivity index (χ4n) is 2.95. The van der Waals surface area contributed by atoms with Crippen LogP contribution < -0.4 is 5.32 Å². The number of aromatic nitrogens is 1. The van der Waals surface area contributed by atoms with E-state index in [0.29, 0.717) is 0 Å². The summed E-state index contributed by atoms with van der Waals surface area (Å²) in [4.78, 5) is 0. The van der Waals surface area contributed by atoms with E-state index in [1.807, 2.05) is 0 Å². The largest absolute Gasteiger partial charge is 0.350 e. The van der Waals surface area contributed by atoms with E-state index in [0.717, 1.165) is 5.92 Å². The summed E-state index contributed by atoms with van der Waals surface area (Å²) in [5, 5.41) is 4.88. The first kappa shape index (κ1) is 10.8. The van der Waals surface area contributed by atoms with E-state index in [2.05, 4.69) is 47.4 Å². The van der Waals surface area contributed by atoms with Gasteiger partial charge in [-0.15, -0.1) is 0 Å². The van der Waals surface area contributed by atoms with Crippen LogP contribution in [-0.4, -0.2) is 17.7 Å². The van der Waals surface area contributed by atoms with Crippen molar-refractivity contribution in [2.45, 2.75) is 19.3 Å². The van der Waals surface area contributed by atoms with Gasteiger partial charge in [-0.2, -0.15) is 0 Å². The Balaban J connectivity index is 1.80. The Morgan fingerprint density at radius 3 is 3.06 bits per heavy atom. The van der Waals surface area contributed by atoms with Gasteiger partial charge in [-0.25, -0.2) is 0 Å². The Hall–Kier alpha value is -1.28. The van der Waals surface area contributed by atoms with Crippen LogP contribution in [0.1, 0.15) is 18.4 Å². The summed E-state index contributed by atoms with van der Waals surface area (Å²) < 4.78 is 2.25. The molecule has 0 saturated carbocycles. The van der Waals surface area contributed by atoms with Crippen LogP contribution in [0.3, 0.4) is 0 Å². The summed E-state index contributed by atoms with van der Waals surface area (Å²) in [6.45, 7) is 2.42. The monoisotopic (exact) mass is 228 g/mol. The normalized spacial score (nSPS) is 20.2. The average Bonchev–Trinajstić information content (AvgIpc) is 2.96. The number of aryl methyl sites for hydroxylation is 2. The molecule has 1 aromatic heterocycles. The maximum atomic E-state index is 3.45. The Kier molecular flexibility index (Phi) is 2.89. The molecule has 2 heterocycles. The molecular weight excluding hydrogens is 208 g/mol. The summed E-state index contributed by atoms with van der Waals surface area (Å²) in [6, 6.07) is 8.71. The molecule has 3 rings (SSSR count). The molecule has 1 aliphatic heterocycles. The molecule has 1 fully saturated rings. The maximum absolute atomic E-state index is 3.45. The predicted octanol–water partition coefficient (Wildman–Crippen LogP) is 2.72. The second-order valence-corrected chi connectivity index (χ2v) is 5.18. The molecule has 0 aliphatic carbocycles. The lowest BCUT2D eigenvalue weighted by molar-refractivity contribution is 0.533. The zero-order valence-corrected chi connectivity index (χ0v) is 10.4. The Bertz CT molecular complexity index is 507. The summed E-state index contributed by atoms with van der Waals surface area (Å²) >= 11 is 0. The fourth-order valence-corrected chi connectivity index (χ4v) is 2.95. The molecule has 2 aromatic rings. The van der Waals surface area contributed by atoms with Gasteiger partial charge in [-0.1, -0.05) is 18.2 Å². The van der Waals surface area contributed by atoms with Crippen molar-refractivity contribution >= 4 is 10.9 Å². The molecule has 0 bridgehead atoms. The molecule has 90 valence electrons. The minimum Gasteiger partial charge on any atom is -0.350 e. The zero-order chi connectivity index (χ0) is 11.7. The van der Waals surface area contributed by atoms with Gasteiger partial charge in [0.2, 0.25) is 0 Å². The summed E-state index contributed by atoms with van der Waals surface area (Å²) in [5.41, 5.74) is 2.86. The topological polar surface area (TPSA) is 17.0 Å². The van der Waals surface area contributed by atoms with E-state index in [1.54, 1.807) is 0 Å². The Morgan fingerprint density at radius 2 is 2.24 bits per heavy atom. The number of hydrogen-bond acceptors (Lipinski definition) is 1. The molecule has 0 radical (unpaired) electrons. The van der Waals surface area contributed by atoms with Crippen molar-refractivity contribution in [1.29, 1.82) is 0 Å². The van der Waals surface area contributed by atoms with Crippen molar-refractivity contribution in [3.63, 3.8) is 0 Å². The van der Waals surface area contributed by atoms with Crippen molar-refractivity contribution in [3.05, 3.63) is 36.0 Å². The van der Waals surface area contributed by atoms with Crippen molar-refractivity contribution < 1.29 is 0 Å². The third kappa shape index (κ3) is 2.09. The molecule has 1 N–H and O–H groups in total. The number of fused-ring (bicyclic) bond motifs is 1. The van der Waals surface area contributed by atoms with E-state index >= 15 is 0 Å². The maximum Gasteiger partial charge on any atom is 0.0480 e. The van der Waals surface area contributed by atoms with Gasteiger partial charge in [0.05, 0.1) is 0 Å². The van der Waals surface area contributed by atoms with Gasteiger partial charge in [-0.3, -0.25) is 0 Å². The number of benzene rings is 1. The molecular formula is C15H20N2. The summed E-state index contributed by atoms with van der Waals surface area (Å²) in [7, 11) is 2.14. The lowest BCUT2D eigenvalue weighted by atomic mass is 9.99. The summed E-state index contributed by atoms with van der Waals surface area (Å²) in [6.07, 6.45) is 6.19. The van der Waals surface area contributed by atoms with Crippen LogP contribution in [0.25, 0.3) is 10.9 Å². The first-order valence-electron chi connectivity index (χ1n) is 6.58. The number of nitrogens with zero attached hydrogens (tertiary/aromatic N) is 1. The Morgan fingerprint density at radius 1 is 1.35 bits per heavy atom. The van der Waals surface area contributed by atoms with Crippen molar-refractivity contribution in [3.8, 4) is 0 Å². The number of nitrogens with one attached hydrogen (secondary N) is 1. The van der Waals surface area contributed by atoms with Crippen molar-refractivity contribution in [1.82, 2.24) is 9.88 Å². The van der Waals surface area contributed by atoms with Gasteiger partial charge in [0.25, 0.3) is 0 Å². The van der Waals surface area contributed by atoms with E-state index in [1.165, 1.54) is 48.8 Å². The second kappa shape index (κ2) is 4.53. The van der Waals surface area contributed by atoms with Gasteiger partial charge < -0.3 is 9.88 Å². The smallest absolute Gasteiger partial charge is 0.0480 e. The van der Waals surface area contributed by atoms with E-state index in [4.69, 9.17) is 0 Å².